The Balaban J connectivity index is 1.34. The molecule has 0 saturated heterocycles. The molecule has 0 aliphatic heterocycles. The van der Waals surface area contributed by atoms with Gasteiger partial charge in [-0.2, -0.15) is 0 Å². The summed E-state index contributed by atoms with van der Waals surface area (Å²) in [6, 6.07) is 8.87. The molecule has 0 spiro atoms. The number of carbonyl (C=O) groups is 1. The summed E-state index contributed by atoms with van der Waals surface area (Å²) < 4.78 is 0. The minimum absolute atomic E-state index is 0.234. The minimum atomic E-state index is 0.234. The summed E-state index contributed by atoms with van der Waals surface area (Å²) in [6.07, 6.45) is 4.86. The molecular formula is C16H22N2O. The van der Waals surface area contributed by atoms with Crippen molar-refractivity contribution in [1.82, 2.24) is 10.6 Å². The molecule has 0 aromatic heterocycles. The van der Waals surface area contributed by atoms with Crippen LogP contribution in [0.25, 0.3) is 0 Å². The topological polar surface area (TPSA) is 41.1 Å². The Morgan fingerprint density at radius 2 is 2.00 bits per heavy atom. The zero-order valence-electron chi connectivity index (χ0n) is 11.3. The number of benzene rings is 1. The minimum Gasteiger partial charge on any atom is -0.355 e. The molecule has 2 saturated carbocycles. The van der Waals surface area contributed by atoms with E-state index in [4.69, 9.17) is 0 Å². The van der Waals surface area contributed by atoms with Crippen LogP contribution >= 0.6 is 0 Å². The summed E-state index contributed by atoms with van der Waals surface area (Å²) >= 11 is 0. The van der Waals surface area contributed by atoms with Crippen LogP contribution in [0.4, 0.5) is 0 Å². The highest BCUT2D eigenvalue weighted by Gasteiger charge is 2.28. The Morgan fingerprint density at radius 3 is 2.74 bits per heavy atom. The summed E-state index contributed by atoms with van der Waals surface area (Å²) in [6.45, 7) is 2.46. The van der Waals surface area contributed by atoms with Gasteiger partial charge >= 0.3 is 0 Å². The van der Waals surface area contributed by atoms with Crippen LogP contribution in [-0.2, 0) is 11.3 Å². The van der Waals surface area contributed by atoms with E-state index in [1.165, 1.54) is 24.0 Å². The van der Waals surface area contributed by atoms with Gasteiger partial charge in [-0.05, 0) is 42.7 Å². The van der Waals surface area contributed by atoms with Gasteiger partial charge in [0.2, 0.25) is 5.91 Å². The zero-order chi connectivity index (χ0) is 13.1. The first-order valence-corrected chi connectivity index (χ1v) is 7.40. The predicted molar refractivity (Wildman–Crippen MR) is 75.9 cm³/mol. The molecule has 2 fully saturated rings. The molecule has 0 radical (unpaired) electrons. The predicted octanol–water partition coefficient (Wildman–Crippen LogP) is 2.18. The van der Waals surface area contributed by atoms with Crippen LogP contribution in [0.1, 0.15) is 42.7 Å². The third-order valence-electron chi connectivity index (χ3n) is 3.88. The fourth-order valence-corrected chi connectivity index (χ4v) is 2.37. The van der Waals surface area contributed by atoms with Crippen molar-refractivity contribution >= 4 is 5.91 Å². The summed E-state index contributed by atoms with van der Waals surface area (Å²) in [5, 5.41) is 6.36. The number of hydrogen-bond acceptors (Lipinski definition) is 2. The van der Waals surface area contributed by atoms with E-state index in [1.54, 1.807) is 0 Å². The van der Waals surface area contributed by atoms with Crippen LogP contribution in [0.5, 0.6) is 0 Å². The number of rotatable bonds is 7. The molecule has 1 aromatic rings. The van der Waals surface area contributed by atoms with Crippen LogP contribution in [0.2, 0.25) is 0 Å². The zero-order valence-corrected chi connectivity index (χ0v) is 11.3. The molecule has 0 heterocycles. The van der Waals surface area contributed by atoms with Gasteiger partial charge in [0.1, 0.15) is 0 Å². The number of hydrogen-bond donors (Lipinski definition) is 2. The molecule has 19 heavy (non-hydrogen) atoms. The van der Waals surface area contributed by atoms with E-state index in [1.807, 2.05) is 0 Å². The van der Waals surface area contributed by atoms with E-state index in [-0.39, 0.29) is 5.91 Å². The van der Waals surface area contributed by atoms with Crippen LogP contribution in [0, 0.1) is 5.92 Å². The summed E-state index contributed by atoms with van der Waals surface area (Å²) in [5.74, 6) is 1.37. The normalized spacial score (nSPS) is 18.3. The second-order valence-corrected chi connectivity index (χ2v) is 5.76. The standard InChI is InChI=1S/C16H22N2O/c19-16(14-6-7-14)18-9-8-17-11-12-2-1-3-15(10-12)13-4-5-13/h1-3,10,13-14,17H,4-9,11H2,(H,18,19). The SMILES string of the molecule is O=C(NCCNCc1cccc(C2CC2)c1)C1CC1. The van der Waals surface area contributed by atoms with Crippen molar-refractivity contribution in [3.05, 3.63) is 35.4 Å². The van der Waals surface area contributed by atoms with E-state index in [9.17, 15) is 4.79 Å². The number of amides is 1. The van der Waals surface area contributed by atoms with Crippen molar-refractivity contribution in [2.24, 2.45) is 5.92 Å². The summed E-state index contributed by atoms with van der Waals surface area (Å²) in [7, 11) is 0. The van der Waals surface area contributed by atoms with Gasteiger partial charge in [-0.15, -0.1) is 0 Å². The molecule has 1 amide bonds. The smallest absolute Gasteiger partial charge is 0.223 e. The van der Waals surface area contributed by atoms with Crippen LogP contribution in [0.15, 0.2) is 24.3 Å². The van der Waals surface area contributed by atoms with Crippen LogP contribution in [0.3, 0.4) is 0 Å². The average Bonchev–Trinajstić information content (AvgIpc) is 3.31. The molecule has 2 aliphatic rings. The highest BCUT2D eigenvalue weighted by atomic mass is 16.2. The van der Waals surface area contributed by atoms with Gasteiger partial charge in [-0.3, -0.25) is 4.79 Å². The van der Waals surface area contributed by atoms with Gasteiger partial charge in [-0.1, -0.05) is 24.3 Å². The third kappa shape index (κ3) is 3.80. The molecule has 0 atom stereocenters. The van der Waals surface area contributed by atoms with Crippen LogP contribution in [-0.4, -0.2) is 19.0 Å². The van der Waals surface area contributed by atoms with Gasteiger partial charge in [-0.25, -0.2) is 0 Å². The summed E-state index contributed by atoms with van der Waals surface area (Å²) in [5.41, 5.74) is 2.83. The fourth-order valence-electron chi connectivity index (χ4n) is 2.37. The lowest BCUT2D eigenvalue weighted by atomic mass is 10.1. The molecule has 3 heteroatoms. The molecule has 102 valence electrons. The van der Waals surface area contributed by atoms with E-state index in [0.717, 1.165) is 38.4 Å². The Hall–Kier alpha value is -1.35. The highest BCUT2D eigenvalue weighted by molar-refractivity contribution is 5.80. The lowest BCUT2D eigenvalue weighted by Crippen LogP contribution is -2.32. The molecular weight excluding hydrogens is 236 g/mol. The van der Waals surface area contributed by atoms with Gasteiger partial charge in [0.15, 0.2) is 0 Å². The second kappa shape index (κ2) is 5.74. The van der Waals surface area contributed by atoms with Crippen molar-refractivity contribution < 1.29 is 4.79 Å². The van der Waals surface area contributed by atoms with E-state index < -0.39 is 0 Å². The van der Waals surface area contributed by atoms with Gasteiger partial charge in [0.25, 0.3) is 0 Å². The number of nitrogens with one attached hydrogen (secondary N) is 2. The molecule has 2 aliphatic carbocycles. The Kier molecular flexibility index (Phi) is 3.83. The van der Waals surface area contributed by atoms with Gasteiger partial charge in [0, 0.05) is 25.6 Å². The molecule has 1 aromatic carbocycles. The van der Waals surface area contributed by atoms with Crippen LogP contribution < -0.4 is 10.6 Å². The maximum absolute atomic E-state index is 11.4. The fraction of sp³-hybridized carbons (Fsp3) is 0.562. The Bertz CT molecular complexity index is 450. The lowest BCUT2D eigenvalue weighted by molar-refractivity contribution is -0.122. The first kappa shape index (κ1) is 12.7. The maximum atomic E-state index is 11.4. The van der Waals surface area contributed by atoms with Crippen molar-refractivity contribution in [3.63, 3.8) is 0 Å². The molecule has 0 bridgehead atoms. The average molecular weight is 258 g/mol. The van der Waals surface area contributed by atoms with E-state index in [2.05, 4.69) is 34.9 Å². The first-order valence-electron chi connectivity index (χ1n) is 7.40. The van der Waals surface area contributed by atoms with Gasteiger partial charge in [0.05, 0.1) is 0 Å². The Labute approximate surface area is 114 Å². The monoisotopic (exact) mass is 258 g/mol. The lowest BCUT2D eigenvalue weighted by Gasteiger charge is -2.08. The van der Waals surface area contributed by atoms with Crippen molar-refractivity contribution in [3.8, 4) is 0 Å². The molecule has 0 unspecified atom stereocenters. The van der Waals surface area contributed by atoms with E-state index in [0.29, 0.717) is 5.92 Å². The summed E-state index contributed by atoms with van der Waals surface area (Å²) in [4.78, 5) is 11.4. The third-order valence-corrected chi connectivity index (χ3v) is 3.88. The maximum Gasteiger partial charge on any atom is 0.223 e. The quantitative estimate of drug-likeness (QED) is 0.736. The second-order valence-electron chi connectivity index (χ2n) is 5.76. The number of carbonyl (C=O) groups excluding carboxylic acids is 1. The van der Waals surface area contributed by atoms with Crippen molar-refractivity contribution in [2.45, 2.75) is 38.1 Å². The molecule has 2 N–H and O–H groups in total. The van der Waals surface area contributed by atoms with Crippen molar-refractivity contribution in [1.29, 1.82) is 0 Å². The Morgan fingerprint density at radius 1 is 1.16 bits per heavy atom. The largest absolute Gasteiger partial charge is 0.355 e. The van der Waals surface area contributed by atoms with Crippen molar-refractivity contribution in [2.75, 3.05) is 13.1 Å². The molecule has 3 rings (SSSR count). The highest BCUT2D eigenvalue weighted by Crippen LogP contribution is 2.40. The molecule has 3 nitrogen and oxygen atoms in total. The first-order chi connectivity index (χ1) is 9.33. The van der Waals surface area contributed by atoms with E-state index >= 15 is 0 Å². The van der Waals surface area contributed by atoms with Gasteiger partial charge < -0.3 is 10.6 Å².